The molecule has 2 rings (SSSR count). The van der Waals surface area contributed by atoms with E-state index in [1.807, 2.05) is 18.2 Å². The summed E-state index contributed by atoms with van der Waals surface area (Å²) in [7, 11) is 0. The molecule has 0 spiro atoms. The average Bonchev–Trinajstić information content (AvgIpc) is 2.69. The van der Waals surface area contributed by atoms with Crippen LogP contribution < -0.4 is 5.73 Å². The number of pyridine rings is 1. The molecule has 0 aliphatic carbocycles. The van der Waals surface area contributed by atoms with Crippen LogP contribution in [0.4, 0.5) is 0 Å². The first-order valence-corrected chi connectivity index (χ1v) is 5.84. The minimum atomic E-state index is -0.508. The highest BCUT2D eigenvalue weighted by Gasteiger charge is 2.44. The summed E-state index contributed by atoms with van der Waals surface area (Å²) in [6.07, 6.45) is 5.39. The molecule has 92 valence electrons. The maximum absolute atomic E-state index is 9.50. The van der Waals surface area contributed by atoms with E-state index < -0.39 is 5.54 Å². The van der Waals surface area contributed by atoms with Crippen LogP contribution in [-0.4, -0.2) is 41.2 Å². The number of nitrogens with zero attached hydrogens (tertiary/aromatic N) is 2. The van der Waals surface area contributed by atoms with Crippen molar-refractivity contribution in [3.63, 3.8) is 0 Å². The Morgan fingerprint density at radius 3 is 3.12 bits per heavy atom. The van der Waals surface area contributed by atoms with Crippen LogP contribution in [0.2, 0.25) is 0 Å². The Bertz CT molecular complexity index is 382. The van der Waals surface area contributed by atoms with Crippen LogP contribution in [0.1, 0.15) is 5.56 Å². The van der Waals surface area contributed by atoms with Gasteiger partial charge in [-0.05, 0) is 11.6 Å². The van der Waals surface area contributed by atoms with Crippen molar-refractivity contribution in [2.45, 2.75) is 5.54 Å². The van der Waals surface area contributed by atoms with Crippen molar-refractivity contribution in [3.8, 4) is 0 Å². The third kappa shape index (κ3) is 2.24. The van der Waals surface area contributed by atoms with E-state index in [-0.39, 0.29) is 12.5 Å². The number of aromatic nitrogens is 1. The summed E-state index contributed by atoms with van der Waals surface area (Å²) in [6, 6.07) is 3.86. The van der Waals surface area contributed by atoms with Gasteiger partial charge in [0.15, 0.2) is 0 Å². The highest BCUT2D eigenvalue weighted by atomic mass is 16.3. The Morgan fingerprint density at radius 2 is 2.53 bits per heavy atom. The largest absolute Gasteiger partial charge is 0.396 e. The van der Waals surface area contributed by atoms with Gasteiger partial charge in [0.05, 0.1) is 5.54 Å². The second-order valence-corrected chi connectivity index (χ2v) is 4.64. The molecule has 0 aromatic carbocycles. The minimum Gasteiger partial charge on any atom is -0.396 e. The maximum Gasteiger partial charge on any atom is 0.0616 e. The van der Waals surface area contributed by atoms with Crippen LogP contribution >= 0.6 is 0 Å². The van der Waals surface area contributed by atoms with Crippen molar-refractivity contribution < 1.29 is 5.11 Å². The van der Waals surface area contributed by atoms with Gasteiger partial charge in [-0.25, -0.2) is 0 Å². The summed E-state index contributed by atoms with van der Waals surface area (Å²) in [5.41, 5.74) is 6.96. The summed E-state index contributed by atoms with van der Waals surface area (Å²) in [5, 5.41) is 9.50. The van der Waals surface area contributed by atoms with E-state index in [4.69, 9.17) is 5.73 Å². The van der Waals surface area contributed by atoms with E-state index in [1.165, 1.54) is 0 Å². The Kier molecular flexibility index (Phi) is 3.57. The van der Waals surface area contributed by atoms with Gasteiger partial charge in [0.2, 0.25) is 0 Å². The van der Waals surface area contributed by atoms with E-state index in [0.29, 0.717) is 0 Å². The monoisotopic (exact) mass is 233 g/mol. The standard InChI is InChI=1S/C13H19N3O/c1-2-6-16-8-12(9-17)13(14,10-16)11-4-3-5-15-7-11/h2-5,7,12,17H,1,6,8-10,14H2. The lowest BCUT2D eigenvalue weighted by atomic mass is 9.83. The normalized spacial score (nSPS) is 29.4. The minimum absolute atomic E-state index is 0.0478. The molecule has 2 heterocycles. The van der Waals surface area contributed by atoms with Gasteiger partial charge >= 0.3 is 0 Å². The van der Waals surface area contributed by atoms with Gasteiger partial charge in [0.25, 0.3) is 0 Å². The fourth-order valence-electron chi connectivity index (χ4n) is 2.55. The van der Waals surface area contributed by atoms with Gasteiger partial charge in [0, 0.05) is 44.6 Å². The van der Waals surface area contributed by atoms with Crippen molar-refractivity contribution in [2.24, 2.45) is 11.7 Å². The molecule has 4 heteroatoms. The second-order valence-electron chi connectivity index (χ2n) is 4.64. The van der Waals surface area contributed by atoms with Gasteiger partial charge in [-0.1, -0.05) is 12.1 Å². The molecule has 1 saturated heterocycles. The van der Waals surface area contributed by atoms with E-state index in [9.17, 15) is 5.11 Å². The predicted octanol–water partition coefficient (Wildman–Crippen LogP) is 0.346. The zero-order valence-electron chi connectivity index (χ0n) is 9.92. The molecule has 1 aliphatic heterocycles. The molecular formula is C13H19N3O. The van der Waals surface area contributed by atoms with Crippen molar-refractivity contribution in [1.82, 2.24) is 9.88 Å². The zero-order chi connectivity index (χ0) is 12.3. The van der Waals surface area contributed by atoms with Crippen LogP contribution in [0.25, 0.3) is 0 Å². The van der Waals surface area contributed by atoms with E-state index in [1.54, 1.807) is 12.4 Å². The Hall–Kier alpha value is -1.23. The molecule has 1 aromatic rings. The van der Waals surface area contributed by atoms with Crippen molar-refractivity contribution >= 4 is 0 Å². The predicted molar refractivity (Wildman–Crippen MR) is 67.3 cm³/mol. The lowest BCUT2D eigenvalue weighted by molar-refractivity contribution is 0.185. The summed E-state index contributed by atoms with van der Waals surface area (Å²) < 4.78 is 0. The summed E-state index contributed by atoms with van der Waals surface area (Å²) in [6.45, 7) is 6.17. The molecule has 0 amide bonds. The van der Waals surface area contributed by atoms with Crippen molar-refractivity contribution in [2.75, 3.05) is 26.2 Å². The van der Waals surface area contributed by atoms with Crippen LogP contribution in [0, 0.1) is 5.92 Å². The first-order chi connectivity index (χ1) is 8.20. The third-order valence-corrected chi connectivity index (χ3v) is 3.50. The number of aliphatic hydroxyl groups is 1. The fourth-order valence-corrected chi connectivity index (χ4v) is 2.55. The van der Waals surface area contributed by atoms with E-state index >= 15 is 0 Å². The molecule has 2 unspecified atom stereocenters. The molecule has 17 heavy (non-hydrogen) atoms. The van der Waals surface area contributed by atoms with Gasteiger partial charge in [-0.2, -0.15) is 0 Å². The maximum atomic E-state index is 9.50. The van der Waals surface area contributed by atoms with Crippen LogP contribution in [0.5, 0.6) is 0 Å². The number of likely N-dealkylation sites (tertiary alicyclic amines) is 1. The first kappa shape index (κ1) is 12.2. The smallest absolute Gasteiger partial charge is 0.0616 e. The van der Waals surface area contributed by atoms with Crippen LogP contribution in [0.3, 0.4) is 0 Å². The Morgan fingerprint density at radius 1 is 1.71 bits per heavy atom. The molecule has 4 nitrogen and oxygen atoms in total. The summed E-state index contributed by atoms with van der Waals surface area (Å²) in [5.74, 6) is 0.0478. The van der Waals surface area contributed by atoms with Crippen LogP contribution in [-0.2, 0) is 5.54 Å². The molecule has 0 bridgehead atoms. The first-order valence-electron chi connectivity index (χ1n) is 5.84. The molecule has 2 atom stereocenters. The Labute approximate surface area is 102 Å². The van der Waals surface area contributed by atoms with Crippen LogP contribution in [0.15, 0.2) is 37.2 Å². The summed E-state index contributed by atoms with van der Waals surface area (Å²) in [4.78, 5) is 6.32. The molecule has 1 fully saturated rings. The summed E-state index contributed by atoms with van der Waals surface area (Å²) >= 11 is 0. The molecule has 1 aromatic heterocycles. The number of rotatable bonds is 4. The molecule has 1 aliphatic rings. The van der Waals surface area contributed by atoms with Gasteiger partial charge in [-0.3, -0.25) is 9.88 Å². The fraction of sp³-hybridized carbons (Fsp3) is 0.462. The van der Waals surface area contributed by atoms with E-state index in [0.717, 1.165) is 25.2 Å². The lowest BCUT2D eigenvalue weighted by Gasteiger charge is -2.29. The molecule has 3 N–H and O–H groups in total. The van der Waals surface area contributed by atoms with Gasteiger partial charge in [0.1, 0.15) is 0 Å². The second kappa shape index (κ2) is 4.96. The van der Waals surface area contributed by atoms with Gasteiger partial charge < -0.3 is 10.8 Å². The zero-order valence-corrected chi connectivity index (χ0v) is 9.92. The number of nitrogens with two attached hydrogens (primary N) is 1. The molecule has 0 radical (unpaired) electrons. The topological polar surface area (TPSA) is 62.4 Å². The van der Waals surface area contributed by atoms with Crippen molar-refractivity contribution in [1.29, 1.82) is 0 Å². The number of hydrogen-bond acceptors (Lipinski definition) is 4. The molecule has 0 saturated carbocycles. The van der Waals surface area contributed by atoms with E-state index in [2.05, 4.69) is 16.5 Å². The quantitative estimate of drug-likeness (QED) is 0.736. The third-order valence-electron chi connectivity index (χ3n) is 3.50. The Balaban J connectivity index is 2.26. The van der Waals surface area contributed by atoms with Gasteiger partial charge in [-0.15, -0.1) is 6.58 Å². The average molecular weight is 233 g/mol. The highest BCUT2D eigenvalue weighted by molar-refractivity contribution is 5.24. The number of hydrogen-bond donors (Lipinski definition) is 2. The molecular weight excluding hydrogens is 214 g/mol. The lowest BCUT2D eigenvalue weighted by Crippen LogP contribution is -2.46. The van der Waals surface area contributed by atoms with Crippen molar-refractivity contribution in [3.05, 3.63) is 42.7 Å². The highest BCUT2D eigenvalue weighted by Crippen LogP contribution is 2.33. The SMILES string of the molecule is C=CCN1CC(CO)C(N)(c2cccnc2)C1. The number of aliphatic hydroxyl groups excluding tert-OH is 1.